The second kappa shape index (κ2) is 4.71. The number of aromatic nitrogens is 3. The molecule has 0 aliphatic carbocycles. The predicted octanol–water partition coefficient (Wildman–Crippen LogP) is 3.90. The van der Waals surface area contributed by atoms with E-state index in [4.69, 9.17) is 0 Å². The fourth-order valence-electron chi connectivity index (χ4n) is 2.39. The minimum absolute atomic E-state index is 0.329. The molecule has 0 N–H and O–H groups in total. The topological polar surface area (TPSA) is 30.7 Å². The van der Waals surface area contributed by atoms with Gasteiger partial charge in [0, 0.05) is 30.4 Å². The predicted molar refractivity (Wildman–Crippen MR) is 78.0 cm³/mol. The van der Waals surface area contributed by atoms with Gasteiger partial charge < -0.3 is 4.57 Å². The highest BCUT2D eigenvalue weighted by Crippen LogP contribution is 2.29. The summed E-state index contributed by atoms with van der Waals surface area (Å²) < 4.78 is 15.4. The molecule has 0 radical (unpaired) electrons. The molecule has 0 aromatic carbocycles. The Morgan fingerprint density at radius 1 is 1.20 bits per heavy atom. The van der Waals surface area contributed by atoms with Crippen LogP contribution in [-0.4, -0.2) is 14.5 Å². The maximum atomic E-state index is 13.5. The molecule has 0 bridgehead atoms. The first kappa shape index (κ1) is 12.8. The normalized spacial score (nSPS) is 11.4. The van der Waals surface area contributed by atoms with Crippen molar-refractivity contribution >= 4 is 11.0 Å². The van der Waals surface area contributed by atoms with Gasteiger partial charge in [0.1, 0.15) is 11.5 Å². The Morgan fingerprint density at radius 2 is 2.00 bits per heavy atom. The number of aryl methyl sites for hydroxylation is 1. The van der Waals surface area contributed by atoms with Crippen LogP contribution < -0.4 is 0 Å². The molecule has 3 rings (SSSR count). The molecule has 3 heterocycles. The Labute approximate surface area is 117 Å². The smallest absolute Gasteiger partial charge is 0.142 e. The van der Waals surface area contributed by atoms with E-state index in [-0.39, 0.29) is 5.82 Å². The van der Waals surface area contributed by atoms with Crippen LogP contribution in [0.3, 0.4) is 0 Å². The molecule has 102 valence electrons. The Morgan fingerprint density at radius 3 is 2.75 bits per heavy atom. The van der Waals surface area contributed by atoms with Crippen molar-refractivity contribution in [1.82, 2.24) is 14.5 Å². The minimum Gasteiger partial charge on any atom is -0.335 e. The van der Waals surface area contributed by atoms with Crippen LogP contribution in [0, 0.1) is 5.82 Å². The van der Waals surface area contributed by atoms with Crippen molar-refractivity contribution in [3.8, 4) is 11.3 Å². The molecular formula is C16H16FN3. The Bertz CT molecular complexity index is 774. The van der Waals surface area contributed by atoms with E-state index >= 15 is 0 Å². The van der Waals surface area contributed by atoms with Crippen molar-refractivity contribution in [2.75, 3.05) is 0 Å². The van der Waals surface area contributed by atoms with Gasteiger partial charge in [-0.1, -0.05) is 13.8 Å². The minimum atomic E-state index is -0.329. The van der Waals surface area contributed by atoms with Crippen LogP contribution in [0.15, 0.2) is 36.8 Å². The summed E-state index contributed by atoms with van der Waals surface area (Å²) in [5.74, 6) is 0.103. The lowest BCUT2D eigenvalue weighted by Crippen LogP contribution is -1.90. The standard InChI is InChI=1S/C16H16FN3/c1-10(2)11-4-5-18-15(6-11)14-9-20(3)16-13(14)7-12(17)8-19-16/h4-10H,1-3H3. The van der Waals surface area contributed by atoms with E-state index in [1.807, 2.05) is 23.9 Å². The summed E-state index contributed by atoms with van der Waals surface area (Å²) in [6.07, 6.45) is 4.99. The zero-order chi connectivity index (χ0) is 14.3. The molecule has 3 nitrogen and oxygen atoms in total. The maximum absolute atomic E-state index is 13.5. The molecule has 0 aliphatic heterocycles. The van der Waals surface area contributed by atoms with E-state index in [1.165, 1.54) is 17.8 Å². The number of pyridine rings is 2. The van der Waals surface area contributed by atoms with Crippen LogP contribution in [0.2, 0.25) is 0 Å². The molecule has 0 aliphatic rings. The van der Waals surface area contributed by atoms with Crippen LogP contribution in [0.5, 0.6) is 0 Å². The van der Waals surface area contributed by atoms with E-state index in [9.17, 15) is 4.39 Å². The molecule has 3 aromatic heterocycles. The van der Waals surface area contributed by atoms with Crippen LogP contribution >= 0.6 is 0 Å². The average molecular weight is 269 g/mol. The summed E-state index contributed by atoms with van der Waals surface area (Å²) in [5.41, 5.74) is 3.75. The Balaban J connectivity index is 2.24. The van der Waals surface area contributed by atoms with Gasteiger partial charge in [0.2, 0.25) is 0 Å². The first-order valence-corrected chi connectivity index (χ1v) is 6.63. The molecule has 20 heavy (non-hydrogen) atoms. The zero-order valence-corrected chi connectivity index (χ0v) is 11.8. The first-order valence-electron chi connectivity index (χ1n) is 6.63. The highest BCUT2D eigenvalue weighted by atomic mass is 19.1. The molecular weight excluding hydrogens is 253 g/mol. The van der Waals surface area contributed by atoms with Gasteiger partial charge in [-0.25, -0.2) is 9.37 Å². The van der Waals surface area contributed by atoms with Gasteiger partial charge >= 0.3 is 0 Å². The SMILES string of the molecule is CC(C)c1ccnc(-c2cn(C)c3ncc(F)cc23)c1. The van der Waals surface area contributed by atoms with Gasteiger partial charge in [-0.05, 0) is 29.7 Å². The van der Waals surface area contributed by atoms with Gasteiger partial charge in [0.25, 0.3) is 0 Å². The molecule has 4 heteroatoms. The molecule has 0 saturated carbocycles. The van der Waals surface area contributed by atoms with E-state index < -0.39 is 0 Å². The number of rotatable bonds is 2. The van der Waals surface area contributed by atoms with Crippen molar-refractivity contribution in [3.63, 3.8) is 0 Å². The monoisotopic (exact) mass is 269 g/mol. The van der Waals surface area contributed by atoms with Crippen molar-refractivity contribution < 1.29 is 4.39 Å². The van der Waals surface area contributed by atoms with E-state index in [0.717, 1.165) is 22.3 Å². The summed E-state index contributed by atoms with van der Waals surface area (Å²) >= 11 is 0. The van der Waals surface area contributed by atoms with Crippen LogP contribution in [-0.2, 0) is 7.05 Å². The fraction of sp³-hybridized carbons (Fsp3) is 0.250. The largest absolute Gasteiger partial charge is 0.335 e. The molecule has 0 saturated heterocycles. The highest BCUT2D eigenvalue weighted by molar-refractivity contribution is 5.93. The van der Waals surface area contributed by atoms with Gasteiger partial charge in [-0.2, -0.15) is 0 Å². The first-order chi connectivity index (χ1) is 9.56. The second-order valence-electron chi connectivity index (χ2n) is 5.31. The van der Waals surface area contributed by atoms with Gasteiger partial charge in [0.15, 0.2) is 0 Å². The Kier molecular flexibility index (Phi) is 3.01. The number of hydrogen-bond acceptors (Lipinski definition) is 2. The molecule has 0 amide bonds. The molecule has 0 spiro atoms. The van der Waals surface area contributed by atoms with Crippen molar-refractivity contribution in [2.24, 2.45) is 7.05 Å². The van der Waals surface area contributed by atoms with Crippen LogP contribution in [0.1, 0.15) is 25.3 Å². The van der Waals surface area contributed by atoms with Crippen molar-refractivity contribution in [2.45, 2.75) is 19.8 Å². The Hall–Kier alpha value is -2.23. The van der Waals surface area contributed by atoms with Gasteiger partial charge in [-0.15, -0.1) is 0 Å². The molecule has 0 atom stereocenters. The summed E-state index contributed by atoms with van der Waals surface area (Å²) in [6, 6.07) is 5.59. The maximum Gasteiger partial charge on any atom is 0.142 e. The van der Waals surface area contributed by atoms with Gasteiger partial charge in [0.05, 0.1) is 11.9 Å². The lowest BCUT2D eigenvalue weighted by Gasteiger charge is -2.06. The van der Waals surface area contributed by atoms with Crippen LogP contribution in [0.4, 0.5) is 4.39 Å². The lowest BCUT2D eigenvalue weighted by atomic mass is 10.0. The molecule has 0 unspecified atom stereocenters. The summed E-state index contributed by atoms with van der Waals surface area (Å²) in [4.78, 5) is 8.57. The van der Waals surface area contributed by atoms with Crippen molar-refractivity contribution in [3.05, 3.63) is 48.2 Å². The number of nitrogens with zero attached hydrogens (tertiary/aromatic N) is 3. The van der Waals surface area contributed by atoms with E-state index in [1.54, 1.807) is 6.20 Å². The summed E-state index contributed by atoms with van der Waals surface area (Å²) in [5, 5.41) is 0.793. The highest BCUT2D eigenvalue weighted by Gasteiger charge is 2.12. The zero-order valence-electron chi connectivity index (χ0n) is 11.8. The van der Waals surface area contributed by atoms with E-state index in [0.29, 0.717) is 5.92 Å². The summed E-state index contributed by atoms with van der Waals surface area (Å²) in [6.45, 7) is 4.28. The third-order valence-electron chi connectivity index (χ3n) is 3.51. The van der Waals surface area contributed by atoms with Gasteiger partial charge in [-0.3, -0.25) is 4.98 Å². The second-order valence-corrected chi connectivity index (χ2v) is 5.31. The van der Waals surface area contributed by atoms with Crippen molar-refractivity contribution in [1.29, 1.82) is 0 Å². The lowest BCUT2D eigenvalue weighted by molar-refractivity contribution is 0.624. The third kappa shape index (κ3) is 2.07. The summed E-state index contributed by atoms with van der Waals surface area (Å²) in [7, 11) is 1.91. The molecule has 3 aromatic rings. The fourth-order valence-corrected chi connectivity index (χ4v) is 2.39. The number of hydrogen-bond donors (Lipinski definition) is 0. The number of fused-ring (bicyclic) bond motifs is 1. The molecule has 0 fully saturated rings. The third-order valence-corrected chi connectivity index (χ3v) is 3.51. The van der Waals surface area contributed by atoms with Crippen LogP contribution in [0.25, 0.3) is 22.3 Å². The number of halogens is 1. The quantitative estimate of drug-likeness (QED) is 0.706. The average Bonchev–Trinajstić information content (AvgIpc) is 2.75. The van der Waals surface area contributed by atoms with E-state index in [2.05, 4.69) is 29.9 Å².